The van der Waals surface area contributed by atoms with E-state index in [0.717, 1.165) is 5.82 Å². The minimum atomic E-state index is -0.0488. The lowest BCUT2D eigenvalue weighted by atomic mass is 10.2. The summed E-state index contributed by atoms with van der Waals surface area (Å²) < 4.78 is 7.00. The predicted molar refractivity (Wildman–Crippen MR) is 70.5 cm³/mol. The molecule has 0 unspecified atom stereocenters. The number of nitrogens with zero attached hydrogens (tertiary/aromatic N) is 3. The van der Waals surface area contributed by atoms with Crippen LogP contribution in [0.4, 0.5) is 0 Å². The van der Waals surface area contributed by atoms with E-state index in [1.165, 1.54) is 0 Å². The first-order valence-corrected chi connectivity index (χ1v) is 5.91. The van der Waals surface area contributed by atoms with Crippen LogP contribution >= 0.6 is 0 Å². The molecule has 0 amide bonds. The van der Waals surface area contributed by atoms with Gasteiger partial charge in [0.05, 0.1) is 6.20 Å². The van der Waals surface area contributed by atoms with Gasteiger partial charge in [0.2, 0.25) is 5.78 Å². The second-order valence-electron chi connectivity index (χ2n) is 4.60. The fourth-order valence-electron chi connectivity index (χ4n) is 1.70. The molecule has 5 heteroatoms. The van der Waals surface area contributed by atoms with E-state index in [9.17, 15) is 4.79 Å². The van der Waals surface area contributed by atoms with Gasteiger partial charge in [0.15, 0.2) is 0 Å². The standard InChI is InChI=1S/C13H21N3O2/c1-10(2)16-11(8-14-13(16)9-18-5)12(17)6-7-15(3)4/h6-8,10H,9H2,1-5H3. The SMILES string of the molecule is COCc1ncc(C(=O)C=CN(C)C)n1C(C)C. The Morgan fingerprint density at radius 1 is 1.56 bits per heavy atom. The molecule has 0 aliphatic rings. The molecule has 1 heterocycles. The molecule has 0 radical (unpaired) electrons. The molecular weight excluding hydrogens is 230 g/mol. The maximum atomic E-state index is 12.1. The van der Waals surface area contributed by atoms with Crippen LogP contribution in [0.2, 0.25) is 0 Å². The lowest BCUT2D eigenvalue weighted by molar-refractivity contribution is 0.103. The predicted octanol–water partition coefficient (Wildman–Crippen LogP) is 1.87. The summed E-state index contributed by atoms with van der Waals surface area (Å²) in [5.74, 6) is 0.723. The number of ether oxygens (including phenoxy) is 1. The van der Waals surface area contributed by atoms with E-state index in [0.29, 0.717) is 12.3 Å². The molecule has 1 rings (SSSR count). The first-order chi connectivity index (χ1) is 8.47. The van der Waals surface area contributed by atoms with E-state index in [-0.39, 0.29) is 11.8 Å². The second-order valence-corrected chi connectivity index (χ2v) is 4.60. The third-order valence-corrected chi connectivity index (χ3v) is 2.44. The summed E-state index contributed by atoms with van der Waals surface area (Å²) >= 11 is 0. The van der Waals surface area contributed by atoms with Gasteiger partial charge >= 0.3 is 0 Å². The Kier molecular flexibility index (Phi) is 5.09. The van der Waals surface area contributed by atoms with E-state index in [1.807, 2.05) is 37.4 Å². The number of aromatic nitrogens is 2. The van der Waals surface area contributed by atoms with Gasteiger partial charge in [-0.05, 0) is 13.8 Å². The first kappa shape index (κ1) is 14.4. The van der Waals surface area contributed by atoms with Crippen LogP contribution in [0.1, 0.15) is 36.2 Å². The summed E-state index contributed by atoms with van der Waals surface area (Å²) in [5.41, 5.74) is 0.593. The zero-order chi connectivity index (χ0) is 13.7. The van der Waals surface area contributed by atoms with Crippen molar-refractivity contribution < 1.29 is 9.53 Å². The van der Waals surface area contributed by atoms with Gasteiger partial charge in [-0.1, -0.05) is 0 Å². The highest BCUT2D eigenvalue weighted by Crippen LogP contribution is 2.15. The van der Waals surface area contributed by atoms with Crippen LogP contribution in [-0.4, -0.2) is 41.4 Å². The average Bonchev–Trinajstić information content (AvgIpc) is 2.70. The Labute approximate surface area is 108 Å². The second kappa shape index (κ2) is 6.35. The van der Waals surface area contributed by atoms with E-state index in [4.69, 9.17) is 4.74 Å². The van der Waals surface area contributed by atoms with Crippen molar-refractivity contribution >= 4 is 5.78 Å². The maximum absolute atomic E-state index is 12.1. The molecule has 0 saturated carbocycles. The van der Waals surface area contributed by atoms with Crippen LogP contribution in [0, 0.1) is 0 Å². The molecule has 18 heavy (non-hydrogen) atoms. The largest absolute Gasteiger partial charge is 0.383 e. The summed E-state index contributed by atoms with van der Waals surface area (Å²) in [6, 6.07) is 0.171. The first-order valence-electron chi connectivity index (χ1n) is 5.91. The molecule has 0 saturated heterocycles. The molecular formula is C13H21N3O2. The molecule has 1 aromatic heterocycles. The van der Waals surface area contributed by atoms with Crippen molar-refractivity contribution in [1.82, 2.24) is 14.5 Å². The molecule has 5 nitrogen and oxygen atoms in total. The summed E-state index contributed by atoms with van der Waals surface area (Å²) in [7, 11) is 5.37. The molecule has 0 aliphatic carbocycles. The van der Waals surface area contributed by atoms with Crippen molar-refractivity contribution in [1.29, 1.82) is 0 Å². The highest BCUT2D eigenvalue weighted by atomic mass is 16.5. The average molecular weight is 251 g/mol. The highest BCUT2D eigenvalue weighted by Gasteiger charge is 2.16. The van der Waals surface area contributed by atoms with Crippen LogP contribution in [0.3, 0.4) is 0 Å². The Morgan fingerprint density at radius 3 is 2.72 bits per heavy atom. The van der Waals surface area contributed by atoms with Gasteiger partial charge in [-0.15, -0.1) is 0 Å². The molecule has 0 aliphatic heterocycles. The molecule has 0 aromatic carbocycles. The Balaban J connectivity index is 3.05. The van der Waals surface area contributed by atoms with Crippen LogP contribution in [0.25, 0.3) is 0 Å². The summed E-state index contributed by atoms with van der Waals surface area (Å²) in [4.78, 5) is 18.1. The fraction of sp³-hybridized carbons (Fsp3) is 0.538. The molecule has 0 atom stereocenters. The highest BCUT2D eigenvalue weighted by molar-refractivity contribution is 6.03. The molecule has 0 fully saturated rings. The Morgan fingerprint density at radius 2 is 2.22 bits per heavy atom. The quantitative estimate of drug-likeness (QED) is 0.572. The van der Waals surface area contributed by atoms with Crippen LogP contribution in [0.5, 0.6) is 0 Å². The maximum Gasteiger partial charge on any atom is 0.205 e. The molecule has 0 spiro atoms. The van der Waals surface area contributed by atoms with Crippen molar-refractivity contribution in [2.24, 2.45) is 0 Å². The number of rotatable bonds is 6. The lowest BCUT2D eigenvalue weighted by Gasteiger charge is -2.14. The molecule has 100 valence electrons. The Bertz CT molecular complexity index is 433. The van der Waals surface area contributed by atoms with Crippen LogP contribution in [0.15, 0.2) is 18.5 Å². The van der Waals surface area contributed by atoms with Gasteiger partial charge in [-0.3, -0.25) is 4.79 Å². The van der Waals surface area contributed by atoms with Gasteiger partial charge in [-0.25, -0.2) is 4.98 Å². The van der Waals surface area contributed by atoms with E-state index < -0.39 is 0 Å². The molecule has 0 N–H and O–H groups in total. The number of ketones is 1. The van der Waals surface area contributed by atoms with E-state index in [1.54, 1.807) is 25.6 Å². The van der Waals surface area contributed by atoms with Crippen molar-refractivity contribution in [2.45, 2.75) is 26.5 Å². The number of imidazole rings is 1. The lowest BCUT2D eigenvalue weighted by Crippen LogP contribution is -2.14. The van der Waals surface area contributed by atoms with Gasteiger partial charge in [0.25, 0.3) is 0 Å². The normalized spacial score (nSPS) is 11.4. The smallest absolute Gasteiger partial charge is 0.205 e. The molecule has 1 aromatic rings. The Hall–Kier alpha value is -1.62. The zero-order valence-electron chi connectivity index (χ0n) is 11.7. The number of carbonyl (C=O) groups is 1. The monoisotopic (exact) mass is 251 g/mol. The van der Waals surface area contributed by atoms with Crippen molar-refractivity contribution in [3.05, 3.63) is 30.0 Å². The van der Waals surface area contributed by atoms with E-state index >= 15 is 0 Å². The number of methoxy groups -OCH3 is 1. The number of carbonyl (C=O) groups excluding carboxylic acids is 1. The summed E-state index contributed by atoms with van der Waals surface area (Å²) in [6.07, 6.45) is 4.89. The van der Waals surface area contributed by atoms with Crippen LogP contribution in [-0.2, 0) is 11.3 Å². The van der Waals surface area contributed by atoms with Gasteiger partial charge in [0.1, 0.15) is 18.1 Å². The van der Waals surface area contributed by atoms with Gasteiger partial charge in [-0.2, -0.15) is 0 Å². The zero-order valence-corrected chi connectivity index (χ0v) is 11.7. The topological polar surface area (TPSA) is 47.4 Å². The van der Waals surface area contributed by atoms with E-state index in [2.05, 4.69) is 4.98 Å². The summed E-state index contributed by atoms with van der Waals surface area (Å²) in [5, 5.41) is 0. The third-order valence-electron chi connectivity index (χ3n) is 2.44. The number of hydrogen-bond donors (Lipinski definition) is 0. The van der Waals surface area contributed by atoms with Crippen molar-refractivity contribution in [2.75, 3.05) is 21.2 Å². The van der Waals surface area contributed by atoms with Gasteiger partial charge < -0.3 is 14.2 Å². The van der Waals surface area contributed by atoms with Gasteiger partial charge in [0, 0.05) is 39.5 Å². The minimum absolute atomic E-state index is 0.0488. The summed E-state index contributed by atoms with van der Waals surface area (Å²) in [6.45, 7) is 4.45. The fourth-order valence-corrected chi connectivity index (χ4v) is 1.70. The van der Waals surface area contributed by atoms with Crippen molar-refractivity contribution in [3.63, 3.8) is 0 Å². The molecule has 0 bridgehead atoms. The number of hydrogen-bond acceptors (Lipinski definition) is 4. The third kappa shape index (κ3) is 3.43. The van der Waals surface area contributed by atoms with Crippen LogP contribution < -0.4 is 0 Å². The number of allylic oxidation sites excluding steroid dienone is 1. The minimum Gasteiger partial charge on any atom is -0.383 e. The van der Waals surface area contributed by atoms with Crippen molar-refractivity contribution in [3.8, 4) is 0 Å².